The average Bonchev–Trinajstić information content (AvgIpc) is 2.69. The van der Waals surface area contributed by atoms with Gasteiger partial charge in [0.2, 0.25) is 5.91 Å². The predicted molar refractivity (Wildman–Crippen MR) is 104 cm³/mol. The van der Waals surface area contributed by atoms with E-state index in [1.807, 2.05) is 48.5 Å². The molecule has 0 aromatic heterocycles. The van der Waals surface area contributed by atoms with Crippen LogP contribution in [-0.4, -0.2) is 41.0 Å². The molecule has 0 saturated carbocycles. The summed E-state index contributed by atoms with van der Waals surface area (Å²) in [4.78, 5) is 26.5. The molecule has 1 atom stereocenters. The Bertz CT molecular complexity index is 741. The molecule has 1 unspecified atom stereocenters. The summed E-state index contributed by atoms with van der Waals surface area (Å²) in [6.07, 6.45) is 1.82. The van der Waals surface area contributed by atoms with Gasteiger partial charge in [0.1, 0.15) is 6.04 Å². The van der Waals surface area contributed by atoms with E-state index in [1.54, 1.807) is 0 Å². The van der Waals surface area contributed by atoms with Crippen molar-refractivity contribution < 1.29 is 14.7 Å². The molecule has 1 heterocycles. The molecule has 5 nitrogen and oxygen atoms in total. The van der Waals surface area contributed by atoms with E-state index in [2.05, 4.69) is 22.3 Å². The van der Waals surface area contributed by atoms with Crippen molar-refractivity contribution in [1.82, 2.24) is 10.2 Å². The molecule has 142 valence electrons. The summed E-state index contributed by atoms with van der Waals surface area (Å²) < 4.78 is 0. The number of nitrogens with zero attached hydrogens (tertiary/aromatic N) is 1. The number of carboxylic acids is 1. The van der Waals surface area contributed by atoms with Crippen molar-refractivity contribution >= 4 is 11.9 Å². The summed E-state index contributed by atoms with van der Waals surface area (Å²) in [6, 6.07) is 18.8. The maximum absolute atomic E-state index is 12.6. The number of hydrogen-bond donors (Lipinski definition) is 2. The molecule has 1 fully saturated rings. The summed E-state index contributed by atoms with van der Waals surface area (Å²) >= 11 is 0. The third-order valence-electron chi connectivity index (χ3n) is 5.10. The SMILES string of the molecule is O=C(NC(Cc1ccccc1)C(=O)O)C1CCN(Cc2ccccc2)CC1. The van der Waals surface area contributed by atoms with Gasteiger partial charge >= 0.3 is 5.97 Å². The van der Waals surface area contributed by atoms with E-state index in [-0.39, 0.29) is 11.8 Å². The lowest BCUT2D eigenvalue weighted by Crippen LogP contribution is -2.47. The molecule has 2 N–H and O–H groups in total. The van der Waals surface area contributed by atoms with Crippen molar-refractivity contribution in [3.8, 4) is 0 Å². The minimum Gasteiger partial charge on any atom is -0.480 e. The third kappa shape index (κ3) is 5.66. The third-order valence-corrected chi connectivity index (χ3v) is 5.10. The van der Waals surface area contributed by atoms with Crippen LogP contribution in [-0.2, 0) is 22.6 Å². The fourth-order valence-electron chi connectivity index (χ4n) is 3.53. The van der Waals surface area contributed by atoms with E-state index in [4.69, 9.17) is 0 Å². The standard InChI is InChI=1S/C22H26N2O3/c25-21(23-20(22(26)27)15-17-7-3-1-4-8-17)19-11-13-24(14-12-19)16-18-9-5-2-6-10-18/h1-10,19-20H,11-16H2,(H,23,25)(H,26,27). The summed E-state index contributed by atoms with van der Waals surface area (Å²) in [5.41, 5.74) is 2.18. The van der Waals surface area contributed by atoms with Crippen LogP contribution in [0, 0.1) is 5.92 Å². The number of piperidine rings is 1. The number of carboxylic acid groups (broad SMARTS) is 1. The molecule has 5 heteroatoms. The zero-order chi connectivity index (χ0) is 19.1. The lowest BCUT2D eigenvalue weighted by Gasteiger charge is -2.31. The second-order valence-electron chi connectivity index (χ2n) is 7.13. The highest BCUT2D eigenvalue weighted by Crippen LogP contribution is 2.19. The normalized spacial score (nSPS) is 16.6. The van der Waals surface area contributed by atoms with E-state index >= 15 is 0 Å². The number of hydrogen-bond acceptors (Lipinski definition) is 3. The Labute approximate surface area is 160 Å². The summed E-state index contributed by atoms with van der Waals surface area (Å²) in [5, 5.41) is 12.2. The van der Waals surface area contributed by atoms with Crippen LogP contribution in [0.4, 0.5) is 0 Å². The summed E-state index contributed by atoms with van der Waals surface area (Å²) in [7, 11) is 0. The molecule has 27 heavy (non-hydrogen) atoms. The van der Waals surface area contributed by atoms with Gasteiger partial charge in [0.25, 0.3) is 0 Å². The van der Waals surface area contributed by atoms with E-state index < -0.39 is 12.0 Å². The molecule has 0 bridgehead atoms. The first kappa shape index (κ1) is 19.1. The maximum Gasteiger partial charge on any atom is 0.326 e. The number of nitrogens with one attached hydrogen (secondary N) is 1. The van der Waals surface area contributed by atoms with Crippen LogP contribution in [0.5, 0.6) is 0 Å². The van der Waals surface area contributed by atoms with Crippen LogP contribution in [0.1, 0.15) is 24.0 Å². The Morgan fingerprint density at radius 1 is 0.963 bits per heavy atom. The molecule has 2 aromatic rings. The molecule has 1 aliphatic heterocycles. The molecule has 1 aliphatic rings. The Balaban J connectivity index is 1.49. The number of likely N-dealkylation sites (tertiary alicyclic amines) is 1. The molecule has 0 radical (unpaired) electrons. The van der Waals surface area contributed by atoms with Gasteiger partial charge in [-0.3, -0.25) is 9.69 Å². The lowest BCUT2D eigenvalue weighted by atomic mass is 9.94. The number of carbonyl (C=O) groups is 2. The van der Waals surface area contributed by atoms with Crippen molar-refractivity contribution in [2.75, 3.05) is 13.1 Å². The average molecular weight is 366 g/mol. The fraction of sp³-hybridized carbons (Fsp3) is 0.364. The van der Waals surface area contributed by atoms with Gasteiger partial charge in [-0.05, 0) is 37.1 Å². The predicted octanol–water partition coefficient (Wildman–Crippen LogP) is 2.71. The van der Waals surface area contributed by atoms with Gasteiger partial charge in [-0.25, -0.2) is 4.79 Å². The van der Waals surface area contributed by atoms with E-state index in [0.717, 1.165) is 38.0 Å². The second kappa shape index (κ2) is 9.33. The van der Waals surface area contributed by atoms with Crippen molar-refractivity contribution in [1.29, 1.82) is 0 Å². The summed E-state index contributed by atoms with van der Waals surface area (Å²) in [5.74, 6) is -1.25. The number of amides is 1. The van der Waals surface area contributed by atoms with Crippen LogP contribution in [0.15, 0.2) is 60.7 Å². The highest BCUT2D eigenvalue weighted by atomic mass is 16.4. The summed E-state index contributed by atoms with van der Waals surface area (Å²) in [6.45, 7) is 2.59. The van der Waals surface area contributed by atoms with Crippen LogP contribution in [0.2, 0.25) is 0 Å². The molecule has 0 spiro atoms. The Kier molecular flexibility index (Phi) is 6.60. The van der Waals surface area contributed by atoms with Crippen molar-refractivity contribution in [3.05, 3.63) is 71.8 Å². The maximum atomic E-state index is 12.6. The zero-order valence-corrected chi connectivity index (χ0v) is 15.4. The van der Waals surface area contributed by atoms with Gasteiger partial charge in [0, 0.05) is 18.9 Å². The highest BCUT2D eigenvalue weighted by Gasteiger charge is 2.28. The number of carbonyl (C=O) groups excluding carboxylic acids is 1. The van der Waals surface area contributed by atoms with Crippen LogP contribution in [0.3, 0.4) is 0 Å². The minimum atomic E-state index is -0.992. The van der Waals surface area contributed by atoms with Gasteiger partial charge < -0.3 is 10.4 Å². The lowest BCUT2D eigenvalue weighted by molar-refractivity contribution is -0.142. The van der Waals surface area contributed by atoms with Crippen LogP contribution >= 0.6 is 0 Å². The largest absolute Gasteiger partial charge is 0.480 e. The number of aliphatic carboxylic acids is 1. The molecule has 1 saturated heterocycles. The van der Waals surface area contributed by atoms with E-state index in [9.17, 15) is 14.7 Å². The van der Waals surface area contributed by atoms with Gasteiger partial charge in [-0.2, -0.15) is 0 Å². The van der Waals surface area contributed by atoms with Gasteiger partial charge in [-0.1, -0.05) is 60.7 Å². The van der Waals surface area contributed by atoms with Crippen molar-refractivity contribution in [2.24, 2.45) is 5.92 Å². The van der Waals surface area contributed by atoms with Crippen LogP contribution in [0.25, 0.3) is 0 Å². The Morgan fingerprint density at radius 2 is 1.52 bits per heavy atom. The van der Waals surface area contributed by atoms with Gasteiger partial charge in [0.05, 0.1) is 0 Å². The molecule has 1 amide bonds. The molecular weight excluding hydrogens is 340 g/mol. The second-order valence-corrected chi connectivity index (χ2v) is 7.13. The zero-order valence-electron chi connectivity index (χ0n) is 15.4. The Morgan fingerprint density at radius 3 is 2.07 bits per heavy atom. The molecule has 2 aromatic carbocycles. The van der Waals surface area contributed by atoms with E-state index in [1.165, 1.54) is 5.56 Å². The first-order chi connectivity index (χ1) is 13.1. The fourth-order valence-corrected chi connectivity index (χ4v) is 3.53. The quantitative estimate of drug-likeness (QED) is 0.791. The molecule has 3 rings (SSSR count). The minimum absolute atomic E-state index is 0.116. The first-order valence-electron chi connectivity index (χ1n) is 9.45. The number of rotatable bonds is 7. The van der Waals surface area contributed by atoms with Gasteiger partial charge in [-0.15, -0.1) is 0 Å². The Hall–Kier alpha value is -2.66. The first-order valence-corrected chi connectivity index (χ1v) is 9.45. The van der Waals surface area contributed by atoms with Crippen molar-refractivity contribution in [3.63, 3.8) is 0 Å². The molecular formula is C22H26N2O3. The topological polar surface area (TPSA) is 69.6 Å². The monoisotopic (exact) mass is 366 g/mol. The molecule has 0 aliphatic carbocycles. The van der Waals surface area contributed by atoms with Crippen molar-refractivity contribution in [2.45, 2.75) is 31.8 Å². The number of benzene rings is 2. The smallest absolute Gasteiger partial charge is 0.326 e. The van der Waals surface area contributed by atoms with Gasteiger partial charge in [0.15, 0.2) is 0 Å². The highest BCUT2D eigenvalue weighted by molar-refractivity contribution is 5.85. The van der Waals surface area contributed by atoms with E-state index in [0.29, 0.717) is 6.42 Å². The van der Waals surface area contributed by atoms with Crippen LogP contribution < -0.4 is 5.32 Å².